The van der Waals surface area contributed by atoms with E-state index in [-0.39, 0.29) is 5.41 Å². The minimum atomic E-state index is 0.192. The van der Waals surface area contributed by atoms with Gasteiger partial charge in [0.25, 0.3) is 0 Å². The van der Waals surface area contributed by atoms with Crippen molar-refractivity contribution in [2.45, 2.75) is 45.1 Å². The molecule has 2 aromatic rings. The van der Waals surface area contributed by atoms with Crippen LogP contribution in [0.5, 0.6) is 0 Å². The highest BCUT2D eigenvalue weighted by atomic mass is 16.3. The Morgan fingerprint density at radius 3 is 2.54 bits per heavy atom. The fraction of sp³-hybridized carbons (Fsp3) is 0.545. The Morgan fingerprint density at radius 1 is 1.14 bits per heavy atom. The first-order valence-corrected chi connectivity index (χ1v) is 10.4. The number of nitrogen functional groups attached to an aromatic ring is 1. The first-order valence-electron chi connectivity index (χ1n) is 10.4. The van der Waals surface area contributed by atoms with Crippen LogP contribution in [-0.4, -0.2) is 27.7 Å². The number of rotatable bonds is 5. The van der Waals surface area contributed by atoms with E-state index in [9.17, 15) is 5.11 Å². The molecule has 0 spiro atoms. The molecule has 6 nitrogen and oxygen atoms in total. The molecule has 6 heteroatoms. The zero-order valence-electron chi connectivity index (χ0n) is 16.4. The number of hydrogen-bond acceptors (Lipinski definition) is 6. The van der Waals surface area contributed by atoms with Crippen molar-refractivity contribution in [2.75, 3.05) is 23.0 Å². The van der Waals surface area contributed by atoms with E-state index < -0.39 is 0 Å². The van der Waals surface area contributed by atoms with Crippen LogP contribution >= 0.6 is 0 Å². The van der Waals surface area contributed by atoms with Gasteiger partial charge < -0.3 is 21.5 Å². The summed E-state index contributed by atoms with van der Waals surface area (Å²) in [5, 5.41) is 17.0. The number of aryl methyl sites for hydroxylation is 1. The molecular formula is C22H29N5O. The molecule has 0 saturated heterocycles. The maximum atomic E-state index is 9.99. The van der Waals surface area contributed by atoms with E-state index in [0.717, 1.165) is 41.5 Å². The molecule has 2 unspecified atom stereocenters. The third kappa shape index (κ3) is 3.09. The lowest BCUT2D eigenvalue weighted by atomic mass is 9.48. The average molecular weight is 380 g/mol. The number of benzene rings is 1. The summed E-state index contributed by atoms with van der Waals surface area (Å²) in [5.41, 5.74) is 8.67. The molecule has 1 aromatic heterocycles. The van der Waals surface area contributed by atoms with Gasteiger partial charge in [0.2, 0.25) is 5.95 Å². The van der Waals surface area contributed by atoms with Crippen LogP contribution in [0, 0.1) is 30.1 Å². The van der Waals surface area contributed by atoms with Crippen molar-refractivity contribution in [3.8, 4) is 0 Å². The molecule has 4 saturated carbocycles. The highest BCUT2D eigenvalue weighted by Gasteiger charge is 2.55. The van der Waals surface area contributed by atoms with Gasteiger partial charge in [-0.25, -0.2) is 4.98 Å². The summed E-state index contributed by atoms with van der Waals surface area (Å²) in [5.74, 6) is 3.59. The first kappa shape index (κ1) is 17.7. The van der Waals surface area contributed by atoms with Gasteiger partial charge >= 0.3 is 0 Å². The van der Waals surface area contributed by atoms with Gasteiger partial charge in [-0.15, -0.1) is 0 Å². The minimum absolute atomic E-state index is 0.192. The first-order chi connectivity index (χ1) is 13.5. The van der Waals surface area contributed by atoms with Crippen molar-refractivity contribution in [1.29, 1.82) is 0 Å². The third-order valence-corrected chi connectivity index (χ3v) is 7.18. The molecule has 2 atom stereocenters. The number of nitrogens with two attached hydrogens (primary N) is 1. The number of aromatic nitrogens is 2. The van der Waals surface area contributed by atoms with Gasteiger partial charge in [0.1, 0.15) is 5.82 Å². The molecule has 1 heterocycles. The summed E-state index contributed by atoms with van der Waals surface area (Å²) in [6.07, 6.45) is 7.97. The zero-order chi connectivity index (χ0) is 19.3. The van der Waals surface area contributed by atoms with E-state index in [1.165, 1.54) is 19.3 Å². The lowest BCUT2D eigenvalue weighted by molar-refractivity contribution is -0.0869. The normalized spacial score (nSPS) is 33.1. The topological polar surface area (TPSA) is 96.1 Å². The number of nitrogens with one attached hydrogen (secondary N) is 2. The van der Waals surface area contributed by atoms with E-state index in [4.69, 9.17) is 10.7 Å². The third-order valence-electron chi connectivity index (χ3n) is 7.18. The summed E-state index contributed by atoms with van der Waals surface area (Å²) in [7, 11) is 0. The van der Waals surface area contributed by atoms with Gasteiger partial charge in [-0.05, 0) is 86.5 Å². The summed E-state index contributed by atoms with van der Waals surface area (Å²) < 4.78 is 0. The second-order valence-electron chi connectivity index (χ2n) is 9.27. The molecule has 4 bridgehead atoms. The van der Waals surface area contributed by atoms with Crippen molar-refractivity contribution in [3.05, 3.63) is 36.0 Å². The van der Waals surface area contributed by atoms with Gasteiger partial charge in [0.15, 0.2) is 0 Å². The van der Waals surface area contributed by atoms with Gasteiger partial charge in [0.05, 0.1) is 0 Å². The molecule has 4 aliphatic rings. The van der Waals surface area contributed by atoms with Gasteiger partial charge in [-0.3, -0.25) is 0 Å². The van der Waals surface area contributed by atoms with Crippen LogP contribution in [0.4, 0.5) is 23.1 Å². The summed E-state index contributed by atoms with van der Waals surface area (Å²) >= 11 is 0. The lowest BCUT2D eigenvalue weighted by Crippen LogP contribution is -2.57. The van der Waals surface area contributed by atoms with Crippen molar-refractivity contribution in [2.24, 2.45) is 23.2 Å². The summed E-state index contributed by atoms with van der Waals surface area (Å²) in [4.78, 5) is 9.20. The largest absolute Gasteiger partial charge is 0.399 e. The molecule has 4 aliphatic carbocycles. The van der Waals surface area contributed by atoms with Crippen LogP contribution < -0.4 is 16.4 Å². The number of anilines is 4. The molecule has 6 rings (SSSR count). The van der Waals surface area contributed by atoms with Gasteiger partial charge in [-0.2, -0.15) is 4.98 Å². The van der Waals surface area contributed by atoms with Crippen molar-refractivity contribution in [3.63, 3.8) is 0 Å². The van der Waals surface area contributed by atoms with E-state index in [2.05, 4.69) is 22.5 Å². The highest BCUT2D eigenvalue weighted by Crippen LogP contribution is 2.60. The zero-order valence-corrected chi connectivity index (χ0v) is 16.4. The Bertz CT molecular complexity index is 852. The maximum absolute atomic E-state index is 9.99. The van der Waals surface area contributed by atoms with Crippen LogP contribution in [0.1, 0.15) is 37.7 Å². The van der Waals surface area contributed by atoms with E-state index in [1.54, 1.807) is 0 Å². The maximum Gasteiger partial charge on any atom is 0.229 e. The lowest BCUT2D eigenvalue weighted by Gasteiger charge is -2.59. The Hall–Kier alpha value is -2.34. The summed E-state index contributed by atoms with van der Waals surface area (Å²) in [6, 6.07) is 8.03. The predicted molar refractivity (Wildman–Crippen MR) is 111 cm³/mol. The second-order valence-corrected chi connectivity index (χ2v) is 9.27. The molecule has 0 aliphatic heterocycles. The molecule has 1 aromatic carbocycles. The standard InChI is InChI=1S/C22H29N5O/c1-13-11-24-21(25-18-4-2-17(23)3-5-18)27-20(13)26-19-15-6-14-7-16(19)10-22(8-14,9-15)12-28/h2-5,11,14-16,19,28H,6-10,12,23H2,1H3,(H2,24,25,26,27)/t14?,15?,16?,19-,22-. The van der Waals surface area contributed by atoms with Crippen LogP contribution in [0.25, 0.3) is 0 Å². The Balaban J connectivity index is 1.35. The quantitative estimate of drug-likeness (QED) is 0.592. The average Bonchev–Trinajstić information content (AvgIpc) is 2.68. The molecule has 0 amide bonds. The van der Waals surface area contributed by atoms with Crippen molar-refractivity contribution < 1.29 is 5.11 Å². The second kappa shape index (κ2) is 6.62. The SMILES string of the molecule is Cc1cnc(Nc2ccc(N)cc2)nc1N[C@H]1C2CC3CC1C[C@](CO)(C3)C2. The van der Waals surface area contributed by atoms with Crippen molar-refractivity contribution in [1.82, 2.24) is 9.97 Å². The Kier molecular flexibility index (Phi) is 4.19. The highest BCUT2D eigenvalue weighted by molar-refractivity contribution is 5.59. The Morgan fingerprint density at radius 2 is 1.86 bits per heavy atom. The molecule has 4 fully saturated rings. The number of hydrogen-bond donors (Lipinski definition) is 4. The minimum Gasteiger partial charge on any atom is -0.399 e. The fourth-order valence-electron chi connectivity index (χ4n) is 6.12. The molecular weight excluding hydrogens is 350 g/mol. The summed E-state index contributed by atoms with van der Waals surface area (Å²) in [6.45, 7) is 2.41. The van der Waals surface area contributed by atoms with Gasteiger partial charge in [-0.1, -0.05) is 0 Å². The van der Waals surface area contributed by atoms with E-state index in [0.29, 0.717) is 30.4 Å². The molecule has 28 heavy (non-hydrogen) atoms. The van der Waals surface area contributed by atoms with Crippen LogP contribution in [0.3, 0.4) is 0 Å². The fourth-order valence-corrected chi connectivity index (χ4v) is 6.12. The molecule has 5 N–H and O–H groups in total. The van der Waals surface area contributed by atoms with Crippen molar-refractivity contribution >= 4 is 23.1 Å². The number of aliphatic hydroxyl groups is 1. The monoisotopic (exact) mass is 379 g/mol. The molecule has 0 radical (unpaired) electrons. The molecule has 148 valence electrons. The smallest absolute Gasteiger partial charge is 0.229 e. The number of nitrogens with zero attached hydrogens (tertiary/aromatic N) is 2. The van der Waals surface area contributed by atoms with E-state index in [1.807, 2.05) is 30.5 Å². The Labute approximate surface area is 166 Å². The van der Waals surface area contributed by atoms with Crippen LogP contribution in [0.15, 0.2) is 30.5 Å². The van der Waals surface area contributed by atoms with E-state index >= 15 is 0 Å². The number of aliphatic hydroxyl groups excluding tert-OH is 1. The van der Waals surface area contributed by atoms with Crippen LogP contribution in [0.2, 0.25) is 0 Å². The van der Waals surface area contributed by atoms with Gasteiger partial charge in [0, 0.05) is 35.8 Å². The predicted octanol–water partition coefficient (Wildman–Crippen LogP) is 3.71. The van der Waals surface area contributed by atoms with Crippen LogP contribution in [-0.2, 0) is 0 Å².